The third-order valence-corrected chi connectivity index (χ3v) is 6.55. The Bertz CT molecular complexity index is 735. The topological polar surface area (TPSA) is 44.7 Å². The fourth-order valence-corrected chi connectivity index (χ4v) is 4.79. The normalized spacial score (nSPS) is 20.9. The van der Waals surface area contributed by atoms with E-state index in [2.05, 4.69) is 46.6 Å². The van der Waals surface area contributed by atoms with Gasteiger partial charge in [-0.3, -0.25) is 0 Å². The molecule has 0 aromatic heterocycles. The smallest absolute Gasteiger partial charge is 0.119 e. The zero-order valence-electron chi connectivity index (χ0n) is 17.4. The Balaban J connectivity index is 1.47. The molecule has 1 saturated heterocycles. The molecule has 4 rings (SSSR count). The molecule has 1 unspecified atom stereocenters. The number of hydrogen-bond acceptors (Lipinski definition) is 4. The molecular formula is C25H34N2O2. The van der Waals surface area contributed by atoms with Gasteiger partial charge in [-0.15, -0.1) is 0 Å². The molecule has 2 aliphatic rings. The highest BCUT2D eigenvalue weighted by Crippen LogP contribution is 2.41. The van der Waals surface area contributed by atoms with Crippen LogP contribution in [0.15, 0.2) is 54.6 Å². The van der Waals surface area contributed by atoms with Crippen molar-refractivity contribution in [1.29, 1.82) is 0 Å². The van der Waals surface area contributed by atoms with Crippen LogP contribution in [0.25, 0.3) is 0 Å². The molecule has 1 aliphatic carbocycles. The lowest BCUT2D eigenvalue weighted by Gasteiger charge is -2.42. The van der Waals surface area contributed by atoms with Crippen LogP contribution in [0.4, 0.5) is 0 Å². The summed E-state index contributed by atoms with van der Waals surface area (Å²) in [6, 6.07) is 18.7. The van der Waals surface area contributed by atoms with Crippen molar-refractivity contribution in [3.05, 3.63) is 65.7 Å². The second kappa shape index (κ2) is 9.75. The van der Waals surface area contributed by atoms with Crippen LogP contribution in [0.1, 0.15) is 49.1 Å². The highest BCUT2D eigenvalue weighted by molar-refractivity contribution is 5.32. The summed E-state index contributed by atoms with van der Waals surface area (Å²) < 4.78 is 5.97. The molecule has 0 amide bonds. The molecule has 1 aliphatic heterocycles. The fraction of sp³-hybridized carbons (Fsp3) is 0.520. The fourth-order valence-electron chi connectivity index (χ4n) is 4.79. The highest BCUT2D eigenvalue weighted by atomic mass is 16.5. The van der Waals surface area contributed by atoms with Crippen molar-refractivity contribution in [2.24, 2.45) is 0 Å². The van der Waals surface area contributed by atoms with Gasteiger partial charge in [0, 0.05) is 38.6 Å². The Morgan fingerprint density at radius 2 is 1.62 bits per heavy atom. The zero-order chi connectivity index (χ0) is 19.9. The van der Waals surface area contributed by atoms with E-state index in [1.165, 1.54) is 17.5 Å². The van der Waals surface area contributed by atoms with Gasteiger partial charge in [0.05, 0.1) is 5.60 Å². The van der Waals surface area contributed by atoms with Crippen LogP contribution < -0.4 is 10.1 Å². The minimum atomic E-state index is -0.588. The van der Waals surface area contributed by atoms with E-state index >= 15 is 0 Å². The predicted octanol–water partition coefficient (Wildman–Crippen LogP) is 3.95. The van der Waals surface area contributed by atoms with Crippen molar-refractivity contribution < 1.29 is 9.84 Å². The van der Waals surface area contributed by atoms with Crippen LogP contribution >= 0.6 is 0 Å². The quantitative estimate of drug-likeness (QED) is 0.746. The minimum Gasteiger partial charge on any atom is -0.489 e. The van der Waals surface area contributed by atoms with Crippen molar-refractivity contribution >= 4 is 0 Å². The molecule has 156 valence electrons. The average molecular weight is 395 g/mol. The minimum absolute atomic E-state index is 0.157. The Hall–Kier alpha value is -1.88. The summed E-state index contributed by atoms with van der Waals surface area (Å²) in [6.45, 7) is 5.71. The van der Waals surface area contributed by atoms with Crippen molar-refractivity contribution in [3.8, 4) is 5.75 Å². The molecule has 0 spiro atoms. The molecule has 1 heterocycles. The molecule has 1 saturated carbocycles. The number of rotatable bonds is 7. The molecule has 2 aromatic rings. The van der Waals surface area contributed by atoms with E-state index in [0.29, 0.717) is 6.61 Å². The number of piperazine rings is 1. The molecule has 4 heteroatoms. The lowest BCUT2D eigenvalue weighted by Crippen LogP contribution is -2.49. The molecule has 29 heavy (non-hydrogen) atoms. The first-order valence-corrected chi connectivity index (χ1v) is 11.2. The maximum absolute atomic E-state index is 11.6. The van der Waals surface area contributed by atoms with Crippen LogP contribution in [0, 0.1) is 0 Å². The van der Waals surface area contributed by atoms with Gasteiger partial charge < -0.3 is 20.1 Å². The summed E-state index contributed by atoms with van der Waals surface area (Å²) in [5, 5.41) is 15.0. The number of nitrogens with zero attached hydrogens (tertiary/aromatic N) is 1. The Labute approximate surface area is 174 Å². The van der Waals surface area contributed by atoms with Gasteiger partial charge in [0.25, 0.3) is 0 Å². The summed E-state index contributed by atoms with van der Waals surface area (Å²) >= 11 is 0. The van der Waals surface area contributed by atoms with Gasteiger partial charge in [0.1, 0.15) is 12.4 Å². The third kappa shape index (κ3) is 5.39. The van der Waals surface area contributed by atoms with E-state index in [4.69, 9.17) is 4.74 Å². The number of benzene rings is 2. The van der Waals surface area contributed by atoms with Crippen LogP contribution in [0.2, 0.25) is 0 Å². The van der Waals surface area contributed by atoms with Gasteiger partial charge >= 0.3 is 0 Å². The van der Waals surface area contributed by atoms with E-state index in [9.17, 15) is 5.11 Å². The van der Waals surface area contributed by atoms with Crippen LogP contribution in [-0.4, -0.2) is 48.3 Å². The Morgan fingerprint density at radius 1 is 0.931 bits per heavy atom. The first-order valence-electron chi connectivity index (χ1n) is 11.2. The Kier molecular flexibility index (Phi) is 6.86. The molecule has 2 aromatic carbocycles. The van der Waals surface area contributed by atoms with Gasteiger partial charge in [0.15, 0.2) is 0 Å². The van der Waals surface area contributed by atoms with E-state index in [1.807, 2.05) is 18.2 Å². The Morgan fingerprint density at radius 3 is 2.31 bits per heavy atom. The van der Waals surface area contributed by atoms with Gasteiger partial charge in [-0.1, -0.05) is 61.7 Å². The summed E-state index contributed by atoms with van der Waals surface area (Å²) in [7, 11) is 0. The predicted molar refractivity (Wildman–Crippen MR) is 117 cm³/mol. The van der Waals surface area contributed by atoms with E-state index in [0.717, 1.165) is 64.2 Å². The summed E-state index contributed by atoms with van der Waals surface area (Å²) in [6.07, 6.45) is 5.33. The number of aliphatic hydroxyl groups is 1. The first-order chi connectivity index (χ1) is 14.2. The van der Waals surface area contributed by atoms with E-state index in [-0.39, 0.29) is 5.92 Å². The van der Waals surface area contributed by atoms with Crippen LogP contribution in [0.3, 0.4) is 0 Å². The second-order valence-electron chi connectivity index (χ2n) is 8.61. The lowest BCUT2D eigenvalue weighted by atomic mass is 9.72. The van der Waals surface area contributed by atoms with E-state index in [1.54, 1.807) is 0 Å². The molecule has 0 bridgehead atoms. The molecule has 0 radical (unpaired) electrons. The number of hydrogen-bond donors (Lipinski definition) is 2. The van der Waals surface area contributed by atoms with Crippen molar-refractivity contribution in [3.63, 3.8) is 0 Å². The first kappa shape index (κ1) is 20.4. The van der Waals surface area contributed by atoms with Crippen molar-refractivity contribution in [1.82, 2.24) is 10.2 Å². The molecular weight excluding hydrogens is 360 g/mol. The number of nitrogens with one attached hydrogen (secondary N) is 1. The molecule has 1 atom stereocenters. The van der Waals surface area contributed by atoms with Gasteiger partial charge in [0.2, 0.25) is 0 Å². The lowest BCUT2D eigenvalue weighted by molar-refractivity contribution is -0.0316. The maximum atomic E-state index is 11.6. The summed E-state index contributed by atoms with van der Waals surface area (Å²) in [5.41, 5.74) is 1.82. The average Bonchev–Trinajstić information content (AvgIpc) is 2.78. The van der Waals surface area contributed by atoms with E-state index < -0.39 is 5.60 Å². The standard InChI is InChI=1S/C25H34N2O2/c28-25(13-5-2-6-14-25)24(19-27-17-15-26-16-18-27)22-9-11-23(12-10-22)29-20-21-7-3-1-4-8-21/h1,3-4,7-12,24,26,28H,2,5-6,13-20H2. The van der Waals surface area contributed by atoms with Crippen LogP contribution in [-0.2, 0) is 6.61 Å². The third-order valence-electron chi connectivity index (χ3n) is 6.55. The van der Waals surface area contributed by atoms with Gasteiger partial charge in [-0.05, 0) is 36.1 Å². The van der Waals surface area contributed by atoms with Crippen LogP contribution in [0.5, 0.6) is 5.75 Å². The summed E-state index contributed by atoms with van der Waals surface area (Å²) in [5.74, 6) is 1.04. The summed E-state index contributed by atoms with van der Waals surface area (Å²) in [4.78, 5) is 2.51. The van der Waals surface area contributed by atoms with Gasteiger partial charge in [-0.2, -0.15) is 0 Å². The molecule has 2 fully saturated rings. The maximum Gasteiger partial charge on any atom is 0.119 e. The zero-order valence-corrected chi connectivity index (χ0v) is 17.4. The second-order valence-corrected chi connectivity index (χ2v) is 8.61. The monoisotopic (exact) mass is 394 g/mol. The van der Waals surface area contributed by atoms with Crippen molar-refractivity contribution in [2.45, 2.75) is 50.2 Å². The molecule has 2 N–H and O–H groups in total. The SMILES string of the molecule is OC1(C(CN2CCNCC2)c2ccc(OCc3ccccc3)cc2)CCCCC1. The highest BCUT2D eigenvalue weighted by Gasteiger charge is 2.39. The van der Waals surface area contributed by atoms with Gasteiger partial charge in [-0.25, -0.2) is 0 Å². The van der Waals surface area contributed by atoms with Crippen molar-refractivity contribution in [2.75, 3.05) is 32.7 Å². The molecule has 4 nitrogen and oxygen atoms in total. The number of ether oxygens (including phenoxy) is 1. The largest absolute Gasteiger partial charge is 0.489 e.